The van der Waals surface area contributed by atoms with Crippen molar-refractivity contribution in [1.82, 2.24) is 0 Å². The summed E-state index contributed by atoms with van der Waals surface area (Å²) in [5, 5.41) is 2.32. The smallest absolute Gasteiger partial charge is 0.00826 e. The standard InChI is InChI=1S/C13H22S/c1-5-7-12-11(4)9-14-13(12)8-10(3)6-2/h9-10H,5-8H2,1-4H3. The lowest BCUT2D eigenvalue weighted by Gasteiger charge is -2.09. The fourth-order valence-corrected chi connectivity index (χ4v) is 2.99. The minimum atomic E-state index is 0.837. The predicted octanol–water partition coefficient (Wildman–Crippen LogP) is 4.60. The molecule has 1 aromatic rings. The summed E-state index contributed by atoms with van der Waals surface area (Å²) in [5.74, 6) is 0.837. The maximum Gasteiger partial charge on any atom is 0.00826 e. The fourth-order valence-electron chi connectivity index (χ4n) is 1.74. The average Bonchev–Trinajstić information content (AvgIpc) is 2.50. The van der Waals surface area contributed by atoms with Gasteiger partial charge in [-0.1, -0.05) is 33.6 Å². The lowest BCUT2D eigenvalue weighted by Crippen LogP contribution is -1.99. The Labute approximate surface area is 92.4 Å². The van der Waals surface area contributed by atoms with Gasteiger partial charge in [-0.2, -0.15) is 0 Å². The molecule has 80 valence electrons. The third-order valence-corrected chi connectivity index (χ3v) is 4.09. The van der Waals surface area contributed by atoms with Crippen LogP contribution in [0.4, 0.5) is 0 Å². The molecule has 1 atom stereocenters. The normalized spacial score (nSPS) is 13.1. The van der Waals surface area contributed by atoms with E-state index in [0.29, 0.717) is 0 Å². The molecule has 0 saturated heterocycles. The summed E-state index contributed by atoms with van der Waals surface area (Å²) in [6.07, 6.45) is 5.11. The van der Waals surface area contributed by atoms with Crippen molar-refractivity contribution in [1.29, 1.82) is 0 Å². The average molecular weight is 210 g/mol. The van der Waals surface area contributed by atoms with Gasteiger partial charge in [0.15, 0.2) is 0 Å². The van der Waals surface area contributed by atoms with Crippen LogP contribution in [0.15, 0.2) is 5.38 Å². The molecule has 0 bridgehead atoms. The molecule has 0 fully saturated rings. The van der Waals surface area contributed by atoms with Crippen molar-refractivity contribution in [2.75, 3.05) is 0 Å². The molecule has 0 spiro atoms. The van der Waals surface area contributed by atoms with Crippen LogP contribution in [-0.4, -0.2) is 0 Å². The van der Waals surface area contributed by atoms with Crippen LogP contribution in [-0.2, 0) is 12.8 Å². The van der Waals surface area contributed by atoms with E-state index in [4.69, 9.17) is 0 Å². The van der Waals surface area contributed by atoms with E-state index in [0.717, 1.165) is 5.92 Å². The molecule has 1 heterocycles. The van der Waals surface area contributed by atoms with Gasteiger partial charge in [0.2, 0.25) is 0 Å². The van der Waals surface area contributed by atoms with Crippen molar-refractivity contribution in [2.24, 2.45) is 5.92 Å². The highest BCUT2D eigenvalue weighted by atomic mass is 32.1. The van der Waals surface area contributed by atoms with E-state index < -0.39 is 0 Å². The maximum absolute atomic E-state index is 2.35. The fraction of sp³-hybridized carbons (Fsp3) is 0.692. The third kappa shape index (κ3) is 2.84. The first-order valence-corrected chi connectivity index (χ1v) is 6.62. The molecular formula is C13H22S. The summed E-state index contributed by atoms with van der Waals surface area (Å²) in [5.41, 5.74) is 3.15. The number of thiophene rings is 1. The van der Waals surface area contributed by atoms with Gasteiger partial charge in [0.05, 0.1) is 0 Å². The zero-order chi connectivity index (χ0) is 10.6. The molecule has 0 saturated carbocycles. The van der Waals surface area contributed by atoms with Crippen LogP contribution in [0.5, 0.6) is 0 Å². The molecule has 0 aliphatic carbocycles. The highest BCUT2D eigenvalue weighted by molar-refractivity contribution is 7.10. The first-order chi connectivity index (χ1) is 6.69. The van der Waals surface area contributed by atoms with Gasteiger partial charge >= 0.3 is 0 Å². The van der Waals surface area contributed by atoms with Gasteiger partial charge in [-0.25, -0.2) is 0 Å². The van der Waals surface area contributed by atoms with E-state index in [2.05, 4.69) is 33.1 Å². The molecule has 1 aromatic heterocycles. The minimum absolute atomic E-state index is 0.837. The molecule has 14 heavy (non-hydrogen) atoms. The Morgan fingerprint density at radius 2 is 2.07 bits per heavy atom. The van der Waals surface area contributed by atoms with Crippen LogP contribution in [0.3, 0.4) is 0 Å². The Balaban J connectivity index is 2.75. The van der Waals surface area contributed by atoms with Crippen LogP contribution >= 0.6 is 11.3 Å². The molecule has 0 aromatic carbocycles. The number of hydrogen-bond acceptors (Lipinski definition) is 1. The summed E-state index contributed by atoms with van der Waals surface area (Å²) < 4.78 is 0. The van der Waals surface area contributed by atoms with Crippen molar-refractivity contribution >= 4 is 11.3 Å². The Hall–Kier alpha value is -0.300. The van der Waals surface area contributed by atoms with Crippen molar-refractivity contribution < 1.29 is 0 Å². The quantitative estimate of drug-likeness (QED) is 0.666. The molecule has 0 radical (unpaired) electrons. The second-order valence-electron chi connectivity index (χ2n) is 4.29. The van der Waals surface area contributed by atoms with E-state index in [1.165, 1.54) is 31.2 Å². The van der Waals surface area contributed by atoms with Crippen LogP contribution < -0.4 is 0 Å². The lowest BCUT2D eigenvalue weighted by molar-refractivity contribution is 0.562. The van der Waals surface area contributed by atoms with E-state index in [1.807, 2.05) is 11.3 Å². The zero-order valence-electron chi connectivity index (χ0n) is 9.89. The zero-order valence-corrected chi connectivity index (χ0v) is 10.7. The monoisotopic (exact) mass is 210 g/mol. The molecule has 0 aliphatic heterocycles. The molecule has 0 nitrogen and oxygen atoms in total. The molecular weight excluding hydrogens is 188 g/mol. The van der Waals surface area contributed by atoms with Crippen molar-refractivity contribution in [2.45, 2.75) is 53.4 Å². The SMILES string of the molecule is CCCc1c(C)csc1CC(C)CC. The van der Waals surface area contributed by atoms with Crippen molar-refractivity contribution in [3.63, 3.8) is 0 Å². The van der Waals surface area contributed by atoms with E-state index >= 15 is 0 Å². The topological polar surface area (TPSA) is 0 Å². The number of hydrogen-bond donors (Lipinski definition) is 0. The molecule has 0 aliphatic rings. The van der Waals surface area contributed by atoms with E-state index in [-0.39, 0.29) is 0 Å². The third-order valence-electron chi connectivity index (χ3n) is 2.92. The molecule has 1 unspecified atom stereocenters. The largest absolute Gasteiger partial charge is 0.148 e. The van der Waals surface area contributed by atoms with Crippen molar-refractivity contribution in [3.05, 3.63) is 21.4 Å². The maximum atomic E-state index is 2.35. The van der Waals surface area contributed by atoms with Crippen LogP contribution in [0, 0.1) is 12.8 Å². The summed E-state index contributed by atoms with van der Waals surface area (Å²) in [6, 6.07) is 0. The highest BCUT2D eigenvalue weighted by Crippen LogP contribution is 2.26. The number of aryl methyl sites for hydroxylation is 1. The van der Waals surface area contributed by atoms with Gasteiger partial charge in [0.25, 0.3) is 0 Å². The first-order valence-electron chi connectivity index (χ1n) is 5.74. The summed E-state index contributed by atoms with van der Waals surface area (Å²) in [4.78, 5) is 1.64. The molecule has 0 N–H and O–H groups in total. The van der Waals surface area contributed by atoms with Crippen LogP contribution in [0.2, 0.25) is 0 Å². The first kappa shape index (κ1) is 11.8. The van der Waals surface area contributed by atoms with Crippen LogP contribution in [0.25, 0.3) is 0 Å². The Kier molecular flexibility index (Phi) is 4.67. The summed E-state index contributed by atoms with van der Waals surface area (Å²) in [6.45, 7) is 9.15. The summed E-state index contributed by atoms with van der Waals surface area (Å²) >= 11 is 1.96. The van der Waals surface area contributed by atoms with Crippen molar-refractivity contribution in [3.8, 4) is 0 Å². The lowest BCUT2D eigenvalue weighted by atomic mass is 9.98. The predicted molar refractivity (Wildman–Crippen MR) is 66.2 cm³/mol. The van der Waals surface area contributed by atoms with Gasteiger partial charge in [-0.3, -0.25) is 0 Å². The van der Waals surface area contributed by atoms with Gasteiger partial charge in [-0.15, -0.1) is 11.3 Å². The minimum Gasteiger partial charge on any atom is -0.148 e. The molecule has 1 rings (SSSR count). The van der Waals surface area contributed by atoms with E-state index in [9.17, 15) is 0 Å². The second-order valence-corrected chi connectivity index (χ2v) is 5.25. The Morgan fingerprint density at radius 1 is 1.36 bits per heavy atom. The van der Waals surface area contributed by atoms with Crippen LogP contribution in [0.1, 0.15) is 49.6 Å². The van der Waals surface area contributed by atoms with Gasteiger partial charge in [-0.05, 0) is 42.2 Å². The molecule has 0 amide bonds. The van der Waals surface area contributed by atoms with Gasteiger partial charge < -0.3 is 0 Å². The Morgan fingerprint density at radius 3 is 2.64 bits per heavy atom. The second kappa shape index (κ2) is 5.55. The number of rotatable bonds is 5. The van der Waals surface area contributed by atoms with E-state index in [1.54, 1.807) is 10.4 Å². The Bertz CT molecular complexity index is 273. The summed E-state index contributed by atoms with van der Waals surface area (Å²) in [7, 11) is 0. The molecule has 1 heteroatoms. The highest BCUT2D eigenvalue weighted by Gasteiger charge is 2.10. The van der Waals surface area contributed by atoms with Gasteiger partial charge in [0.1, 0.15) is 0 Å². The van der Waals surface area contributed by atoms with Gasteiger partial charge in [0, 0.05) is 4.88 Å².